The van der Waals surface area contributed by atoms with Crippen LogP contribution in [0.3, 0.4) is 0 Å². The van der Waals surface area contributed by atoms with Crippen LogP contribution in [0, 0.1) is 11.3 Å². The van der Waals surface area contributed by atoms with E-state index in [-0.39, 0.29) is 6.04 Å². The maximum absolute atomic E-state index is 8.74. The number of nitriles is 1. The molecule has 0 aromatic carbocycles. The lowest BCUT2D eigenvalue weighted by Crippen LogP contribution is -2.57. The first-order valence-corrected chi connectivity index (χ1v) is 4.77. The van der Waals surface area contributed by atoms with Crippen molar-refractivity contribution < 1.29 is 0 Å². The van der Waals surface area contributed by atoms with Gasteiger partial charge in [0.05, 0.1) is 6.07 Å². The molecule has 2 rings (SSSR count). The van der Waals surface area contributed by atoms with Crippen molar-refractivity contribution in [3.05, 3.63) is 0 Å². The van der Waals surface area contributed by atoms with Gasteiger partial charge in [-0.3, -0.25) is 10.2 Å². The average molecular weight is 165 g/mol. The van der Waals surface area contributed by atoms with Crippen LogP contribution in [0.2, 0.25) is 0 Å². The fourth-order valence-electron chi connectivity index (χ4n) is 2.20. The second-order valence-corrected chi connectivity index (χ2v) is 3.73. The molecule has 1 N–H and O–H groups in total. The van der Waals surface area contributed by atoms with Crippen molar-refractivity contribution in [2.24, 2.45) is 0 Å². The van der Waals surface area contributed by atoms with Gasteiger partial charge in [-0.2, -0.15) is 5.26 Å². The molecule has 0 amide bonds. The highest BCUT2D eigenvalue weighted by Crippen LogP contribution is 2.18. The van der Waals surface area contributed by atoms with Crippen molar-refractivity contribution in [1.29, 1.82) is 5.26 Å². The van der Waals surface area contributed by atoms with Crippen molar-refractivity contribution in [3.63, 3.8) is 0 Å². The largest absolute Gasteiger partial charge is 0.299 e. The third-order valence-corrected chi connectivity index (χ3v) is 2.92. The summed E-state index contributed by atoms with van der Waals surface area (Å²) in [6.07, 6.45) is 3.99. The molecule has 3 heteroatoms. The minimum Gasteiger partial charge on any atom is -0.299 e. The van der Waals surface area contributed by atoms with Gasteiger partial charge >= 0.3 is 0 Å². The summed E-state index contributed by atoms with van der Waals surface area (Å²) in [7, 11) is 0. The molecular formula is C9H15N3. The lowest BCUT2D eigenvalue weighted by molar-refractivity contribution is 0.107. The van der Waals surface area contributed by atoms with Crippen molar-refractivity contribution in [2.45, 2.75) is 31.3 Å². The summed E-state index contributed by atoms with van der Waals surface area (Å²) in [4.78, 5) is 2.47. The number of nitrogens with one attached hydrogen (secondary N) is 1. The van der Waals surface area contributed by atoms with Gasteiger partial charge in [0, 0.05) is 19.1 Å². The van der Waals surface area contributed by atoms with E-state index in [2.05, 4.69) is 16.3 Å². The first-order chi connectivity index (χ1) is 5.90. The van der Waals surface area contributed by atoms with Gasteiger partial charge in [0.2, 0.25) is 0 Å². The van der Waals surface area contributed by atoms with Crippen LogP contribution in [-0.4, -0.2) is 36.6 Å². The Morgan fingerprint density at radius 2 is 2.33 bits per heavy atom. The molecule has 66 valence electrons. The zero-order chi connectivity index (χ0) is 8.39. The smallest absolute Gasteiger partial charge is 0.108 e. The summed E-state index contributed by atoms with van der Waals surface area (Å²) >= 11 is 0. The second kappa shape index (κ2) is 3.42. The van der Waals surface area contributed by atoms with Crippen LogP contribution >= 0.6 is 0 Å². The van der Waals surface area contributed by atoms with E-state index in [1.54, 1.807) is 0 Å². The van der Waals surface area contributed by atoms with Crippen molar-refractivity contribution in [3.8, 4) is 6.07 Å². The van der Waals surface area contributed by atoms with Gasteiger partial charge in [-0.25, -0.2) is 0 Å². The van der Waals surface area contributed by atoms with E-state index in [0.717, 1.165) is 13.1 Å². The maximum atomic E-state index is 8.74. The lowest BCUT2D eigenvalue weighted by Gasteiger charge is -2.41. The predicted molar refractivity (Wildman–Crippen MR) is 46.6 cm³/mol. The molecule has 12 heavy (non-hydrogen) atoms. The molecule has 0 aromatic rings. The Kier molecular flexibility index (Phi) is 2.29. The van der Waals surface area contributed by atoms with Crippen molar-refractivity contribution >= 4 is 0 Å². The second-order valence-electron chi connectivity index (χ2n) is 3.73. The molecule has 2 unspecified atom stereocenters. The molecule has 2 aliphatic heterocycles. The molecule has 0 aromatic heterocycles. The minimum atomic E-state index is 0.0688. The van der Waals surface area contributed by atoms with Crippen LogP contribution in [0.25, 0.3) is 0 Å². The Morgan fingerprint density at radius 1 is 1.42 bits per heavy atom. The zero-order valence-electron chi connectivity index (χ0n) is 7.29. The van der Waals surface area contributed by atoms with E-state index in [0.29, 0.717) is 6.04 Å². The van der Waals surface area contributed by atoms with E-state index >= 15 is 0 Å². The van der Waals surface area contributed by atoms with E-state index in [4.69, 9.17) is 5.26 Å². The quantitative estimate of drug-likeness (QED) is 0.562. The third kappa shape index (κ3) is 1.45. The van der Waals surface area contributed by atoms with Gasteiger partial charge in [-0.1, -0.05) is 6.42 Å². The zero-order valence-corrected chi connectivity index (χ0v) is 7.29. The monoisotopic (exact) mass is 165 g/mol. The fourth-order valence-corrected chi connectivity index (χ4v) is 2.20. The van der Waals surface area contributed by atoms with Crippen LogP contribution in [0.4, 0.5) is 0 Å². The standard InChI is InChI=1S/C9H15N3/c10-5-8-7-12-4-2-1-3-9(12)6-11-8/h8-9,11H,1-4,6-7H2. The highest BCUT2D eigenvalue weighted by molar-refractivity contribution is 4.98. The summed E-state index contributed by atoms with van der Waals surface area (Å²) in [5, 5.41) is 12.0. The minimum absolute atomic E-state index is 0.0688. The molecule has 2 heterocycles. The van der Waals surface area contributed by atoms with Crippen LogP contribution in [-0.2, 0) is 0 Å². The van der Waals surface area contributed by atoms with Gasteiger partial charge in [-0.05, 0) is 19.4 Å². The number of piperidine rings is 1. The van der Waals surface area contributed by atoms with Crippen LogP contribution in [0.1, 0.15) is 19.3 Å². The van der Waals surface area contributed by atoms with E-state index < -0.39 is 0 Å². The molecule has 2 fully saturated rings. The summed E-state index contributed by atoms with van der Waals surface area (Å²) in [5.74, 6) is 0. The van der Waals surface area contributed by atoms with Gasteiger partial charge in [-0.15, -0.1) is 0 Å². The molecule has 0 bridgehead atoms. The number of rotatable bonds is 0. The number of nitrogens with zero attached hydrogens (tertiary/aromatic N) is 2. The van der Waals surface area contributed by atoms with Gasteiger partial charge in [0.15, 0.2) is 0 Å². The topological polar surface area (TPSA) is 39.1 Å². The first kappa shape index (κ1) is 8.03. The van der Waals surface area contributed by atoms with Crippen LogP contribution in [0.5, 0.6) is 0 Å². The first-order valence-electron chi connectivity index (χ1n) is 4.77. The van der Waals surface area contributed by atoms with E-state index in [1.807, 2.05) is 0 Å². The Hall–Kier alpha value is -0.590. The van der Waals surface area contributed by atoms with Crippen LogP contribution < -0.4 is 5.32 Å². The summed E-state index contributed by atoms with van der Waals surface area (Å²) in [6, 6.07) is 3.06. The number of hydrogen-bond donors (Lipinski definition) is 1. The number of fused-ring (bicyclic) bond motifs is 1. The number of hydrogen-bond acceptors (Lipinski definition) is 3. The lowest BCUT2D eigenvalue weighted by atomic mass is 9.99. The van der Waals surface area contributed by atoms with E-state index in [1.165, 1.54) is 25.8 Å². The number of piperazine rings is 1. The summed E-state index contributed by atoms with van der Waals surface area (Å²) in [6.45, 7) is 3.14. The fraction of sp³-hybridized carbons (Fsp3) is 0.889. The maximum Gasteiger partial charge on any atom is 0.108 e. The Balaban J connectivity index is 1.95. The Morgan fingerprint density at radius 3 is 3.17 bits per heavy atom. The van der Waals surface area contributed by atoms with Gasteiger partial charge in [0.1, 0.15) is 6.04 Å². The normalized spacial score (nSPS) is 36.9. The van der Waals surface area contributed by atoms with Crippen molar-refractivity contribution in [1.82, 2.24) is 10.2 Å². The Labute approximate surface area is 73.3 Å². The Bertz CT molecular complexity index is 196. The SMILES string of the molecule is N#CC1CN2CCCCC2CN1. The molecule has 0 spiro atoms. The highest BCUT2D eigenvalue weighted by atomic mass is 15.2. The third-order valence-electron chi connectivity index (χ3n) is 2.92. The summed E-state index contributed by atoms with van der Waals surface area (Å²) < 4.78 is 0. The average Bonchev–Trinajstić information content (AvgIpc) is 2.17. The molecule has 0 saturated carbocycles. The summed E-state index contributed by atoms with van der Waals surface area (Å²) in [5.41, 5.74) is 0. The molecule has 2 atom stereocenters. The van der Waals surface area contributed by atoms with Gasteiger partial charge < -0.3 is 0 Å². The molecule has 2 aliphatic rings. The van der Waals surface area contributed by atoms with Crippen molar-refractivity contribution in [2.75, 3.05) is 19.6 Å². The van der Waals surface area contributed by atoms with E-state index in [9.17, 15) is 0 Å². The molecule has 3 nitrogen and oxygen atoms in total. The van der Waals surface area contributed by atoms with Gasteiger partial charge in [0.25, 0.3) is 0 Å². The molecule has 2 saturated heterocycles. The predicted octanol–water partition coefficient (Wildman–Crippen LogP) is 0.336. The highest BCUT2D eigenvalue weighted by Gasteiger charge is 2.29. The molecule has 0 radical (unpaired) electrons. The molecule has 0 aliphatic carbocycles. The van der Waals surface area contributed by atoms with Crippen LogP contribution in [0.15, 0.2) is 0 Å². The molecular weight excluding hydrogens is 150 g/mol.